The predicted octanol–water partition coefficient (Wildman–Crippen LogP) is 2.24. The van der Waals surface area contributed by atoms with Crippen LogP contribution in [0, 0.1) is 23.0 Å². The number of nitrogens with one attached hydrogen (secondary N) is 1. The van der Waals surface area contributed by atoms with E-state index in [1.54, 1.807) is 0 Å². The molecule has 0 aliphatic heterocycles. The van der Waals surface area contributed by atoms with Crippen molar-refractivity contribution in [3.05, 3.63) is 53.5 Å². The Balaban J connectivity index is 2.12. The average Bonchev–Trinajstić information content (AvgIpc) is 2.40. The van der Waals surface area contributed by atoms with Crippen molar-refractivity contribution in [2.24, 2.45) is 0 Å². The van der Waals surface area contributed by atoms with Gasteiger partial charge in [-0.3, -0.25) is 0 Å². The Labute approximate surface area is 102 Å². The van der Waals surface area contributed by atoms with Crippen LogP contribution in [0.5, 0.6) is 0 Å². The van der Waals surface area contributed by atoms with Crippen LogP contribution in [0.25, 0.3) is 0 Å². The fourth-order valence-corrected chi connectivity index (χ4v) is 1.38. The van der Waals surface area contributed by atoms with Gasteiger partial charge in [0.15, 0.2) is 23.1 Å². The first-order valence-electron chi connectivity index (χ1n) is 5.09. The van der Waals surface area contributed by atoms with Crippen LogP contribution in [-0.2, 0) is 6.54 Å². The normalized spacial score (nSPS) is 9.83. The number of benzene rings is 1. The number of aromatic nitrogens is 2. The number of halogens is 2. The number of hydrogen-bond acceptors (Lipinski definition) is 4. The van der Waals surface area contributed by atoms with E-state index in [0.29, 0.717) is 11.4 Å². The number of rotatable bonds is 3. The Morgan fingerprint density at radius 1 is 1.17 bits per heavy atom. The van der Waals surface area contributed by atoms with Crippen molar-refractivity contribution < 1.29 is 8.78 Å². The van der Waals surface area contributed by atoms with E-state index in [1.165, 1.54) is 18.5 Å². The Bertz CT molecular complexity index is 607. The second-order valence-corrected chi connectivity index (χ2v) is 3.47. The fraction of sp³-hybridized carbons (Fsp3) is 0.0833. The molecule has 0 saturated heterocycles. The highest BCUT2D eigenvalue weighted by Crippen LogP contribution is 2.12. The van der Waals surface area contributed by atoms with Crippen LogP contribution < -0.4 is 5.32 Å². The number of anilines is 1. The standard InChI is InChI=1S/C12H8F2N4/c13-9-2-1-8(5-10(9)14)7-18-12-11(6-15)16-3-4-17-12/h1-5H,7H2,(H,17,18). The molecule has 0 radical (unpaired) electrons. The molecule has 2 rings (SSSR count). The zero-order chi connectivity index (χ0) is 13.0. The molecule has 1 N–H and O–H groups in total. The van der Waals surface area contributed by atoms with E-state index in [2.05, 4.69) is 15.3 Å². The molecule has 0 amide bonds. The Hall–Kier alpha value is -2.55. The Morgan fingerprint density at radius 3 is 2.67 bits per heavy atom. The van der Waals surface area contributed by atoms with Gasteiger partial charge >= 0.3 is 0 Å². The van der Waals surface area contributed by atoms with Crippen molar-refractivity contribution in [2.45, 2.75) is 6.54 Å². The minimum absolute atomic E-state index is 0.153. The minimum Gasteiger partial charge on any atom is -0.364 e. The van der Waals surface area contributed by atoms with Crippen LogP contribution in [0.1, 0.15) is 11.3 Å². The lowest BCUT2D eigenvalue weighted by atomic mass is 10.2. The molecular weight excluding hydrogens is 238 g/mol. The Kier molecular flexibility index (Phi) is 3.44. The van der Waals surface area contributed by atoms with Gasteiger partial charge in [0, 0.05) is 18.9 Å². The minimum atomic E-state index is -0.908. The molecule has 1 heterocycles. The highest BCUT2D eigenvalue weighted by Gasteiger charge is 2.05. The summed E-state index contributed by atoms with van der Waals surface area (Å²) in [6.07, 6.45) is 2.84. The van der Waals surface area contributed by atoms with Gasteiger partial charge in [-0.05, 0) is 17.7 Å². The molecule has 0 aliphatic rings. The van der Waals surface area contributed by atoms with Gasteiger partial charge in [-0.2, -0.15) is 5.26 Å². The lowest BCUT2D eigenvalue weighted by Gasteiger charge is -2.06. The van der Waals surface area contributed by atoms with Crippen molar-refractivity contribution in [2.75, 3.05) is 5.32 Å². The summed E-state index contributed by atoms with van der Waals surface area (Å²) in [6, 6.07) is 5.47. The van der Waals surface area contributed by atoms with Crippen molar-refractivity contribution in [3.63, 3.8) is 0 Å². The third kappa shape index (κ3) is 2.58. The van der Waals surface area contributed by atoms with Gasteiger partial charge in [0.2, 0.25) is 0 Å². The quantitative estimate of drug-likeness (QED) is 0.902. The van der Waals surface area contributed by atoms with Crippen LogP contribution in [0.2, 0.25) is 0 Å². The van der Waals surface area contributed by atoms with Crippen LogP contribution in [0.4, 0.5) is 14.6 Å². The first-order valence-corrected chi connectivity index (χ1v) is 5.09. The molecule has 1 aromatic heterocycles. The fourth-order valence-electron chi connectivity index (χ4n) is 1.38. The molecule has 0 fully saturated rings. The average molecular weight is 246 g/mol. The molecular formula is C12H8F2N4. The zero-order valence-corrected chi connectivity index (χ0v) is 9.19. The summed E-state index contributed by atoms with van der Waals surface area (Å²) in [7, 11) is 0. The third-order valence-corrected chi connectivity index (χ3v) is 2.25. The van der Waals surface area contributed by atoms with Gasteiger partial charge < -0.3 is 5.32 Å². The molecule has 0 aliphatic carbocycles. The van der Waals surface area contributed by atoms with Crippen molar-refractivity contribution >= 4 is 5.82 Å². The summed E-state index contributed by atoms with van der Waals surface area (Å²) in [5.41, 5.74) is 0.698. The topological polar surface area (TPSA) is 61.6 Å². The first-order chi connectivity index (χ1) is 8.70. The first kappa shape index (κ1) is 11.9. The van der Waals surface area contributed by atoms with E-state index in [1.807, 2.05) is 6.07 Å². The van der Waals surface area contributed by atoms with Gasteiger partial charge in [-0.1, -0.05) is 6.07 Å². The Morgan fingerprint density at radius 2 is 1.94 bits per heavy atom. The molecule has 6 heteroatoms. The van der Waals surface area contributed by atoms with Crippen LogP contribution in [0.15, 0.2) is 30.6 Å². The molecule has 0 saturated carbocycles. The lowest BCUT2D eigenvalue weighted by molar-refractivity contribution is 0.507. The molecule has 0 atom stereocenters. The predicted molar refractivity (Wildman–Crippen MR) is 60.4 cm³/mol. The molecule has 4 nitrogen and oxygen atoms in total. The third-order valence-electron chi connectivity index (χ3n) is 2.25. The van der Waals surface area contributed by atoms with Crippen molar-refractivity contribution in [3.8, 4) is 6.07 Å². The molecule has 90 valence electrons. The van der Waals surface area contributed by atoms with Gasteiger partial charge in [0.1, 0.15) is 6.07 Å². The van der Waals surface area contributed by atoms with Gasteiger partial charge in [-0.25, -0.2) is 18.7 Å². The van der Waals surface area contributed by atoms with Gasteiger partial charge in [0.05, 0.1) is 0 Å². The van der Waals surface area contributed by atoms with Crippen molar-refractivity contribution in [1.29, 1.82) is 5.26 Å². The summed E-state index contributed by atoms with van der Waals surface area (Å²) in [5.74, 6) is -1.49. The molecule has 0 bridgehead atoms. The van der Waals surface area contributed by atoms with E-state index < -0.39 is 11.6 Å². The van der Waals surface area contributed by atoms with E-state index in [4.69, 9.17) is 5.26 Å². The summed E-state index contributed by atoms with van der Waals surface area (Å²) in [6.45, 7) is 0.227. The maximum Gasteiger partial charge on any atom is 0.182 e. The van der Waals surface area contributed by atoms with E-state index in [-0.39, 0.29) is 12.2 Å². The van der Waals surface area contributed by atoms with Crippen LogP contribution in [-0.4, -0.2) is 9.97 Å². The summed E-state index contributed by atoms with van der Waals surface area (Å²) < 4.78 is 25.7. The second kappa shape index (κ2) is 5.19. The molecule has 18 heavy (non-hydrogen) atoms. The van der Waals surface area contributed by atoms with E-state index in [9.17, 15) is 8.78 Å². The number of nitrogens with zero attached hydrogens (tertiary/aromatic N) is 3. The number of nitriles is 1. The highest BCUT2D eigenvalue weighted by atomic mass is 19.2. The monoisotopic (exact) mass is 246 g/mol. The van der Waals surface area contributed by atoms with Gasteiger partial charge in [-0.15, -0.1) is 0 Å². The summed E-state index contributed by atoms with van der Waals surface area (Å²) >= 11 is 0. The largest absolute Gasteiger partial charge is 0.364 e. The summed E-state index contributed by atoms with van der Waals surface area (Å²) in [4.78, 5) is 7.76. The summed E-state index contributed by atoms with van der Waals surface area (Å²) in [5, 5.41) is 11.6. The van der Waals surface area contributed by atoms with Gasteiger partial charge in [0.25, 0.3) is 0 Å². The smallest absolute Gasteiger partial charge is 0.182 e. The molecule has 0 unspecified atom stereocenters. The second-order valence-electron chi connectivity index (χ2n) is 3.47. The van der Waals surface area contributed by atoms with E-state index in [0.717, 1.165) is 12.1 Å². The maximum absolute atomic E-state index is 13.0. The lowest BCUT2D eigenvalue weighted by Crippen LogP contribution is -2.05. The molecule has 0 spiro atoms. The SMILES string of the molecule is N#Cc1nccnc1NCc1ccc(F)c(F)c1. The van der Waals surface area contributed by atoms with E-state index >= 15 is 0 Å². The maximum atomic E-state index is 13.0. The van der Waals surface area contributed by atoms with Crippen LogP contribution >= 0.6 is 0 Å². The van der Waals surface area contributed by atoms with Crippen LogP contribution in [0.3, 0.4) is 0 Å². The zero-order valence-electron chi connectivity index (χ0n) is 9.19. The molecule has 1 aromatic carbocycles. The number of hydrogen-bond donors (Lipinski definition) is 1. The van der Waals surface area contributed by atoms with Crippen molar-refractivity contribution in [1.82, 2.24) is 9.97 Å². The highest BCUT2D eigenvalue weighted by molar-refractivity contribution is 5.47. The molecule has 2 aromatic rings.